The minimum Gasteiger partial charge on any atom is -0.372 e. The Morgan fingerprint density at radius 1 is 1.16 bits per heavy atom. The summed E-state index contributed by atoms with van der Waals surface area (Å²) >= 11 is 0. The van der Waals surface area contributed by atoms with Gasteiger partial charge in [0.15, 0.2) is 0 Å². The molecule has 1 aromatic carbocycles. The second kappa shape index (κ2) is 5.43. The molecule has 1 saturated carbocycles. The molecule has 1 aliphatic heterocycles. The topological polar surface area (TPSA) is 29.5 Å². The van der Waals surface area contributed by atoms with Crippen molar-refractivity contribution in [1.29, 1.82) is 0 Å². The third kappa shape index (κ3) is 3.04. The Morgan fingerprint density at radius 2 is 1.89 bits per heavy atom. The van der Waals surface area contributed by atoms with Crippen molar-refractivity contribution in [2.45, 2.75) is 37.8 Å². The van der Waals surface area contributed by atoms with Gasteiger partial charge in [0.25, 0.3) is 0 Å². The summed E-state index contributed by atoms with van der Waals surface area (Å²) < 4.78 is 6.03. The first-order chi connectivity index (χ1) is 9.26. The Kier molecular flexibility index (Phi) is 3.67. The molecule has 1 saturated heterocycles. The summed E-state index contributed by atoms with van der Waals surface area (Å²) in [5, 5.41) is 0. The molecule has 0 N–H and O–H groups in total. The zero-order valence-corrected chi connectivity index (χ0v) is 11.3. The highest BCUT2D eigenvalue weighted by Gasteiger charge is 2.39. The van der Waals surface area contributed by atoms with Gasteiger partial charge in [-0.05, 0) is 18.4 Å². The van der Waals surface area contributed by atoms with Crippen molar-refractivity contribution < 1.29 is 9.53 Å². The van der Waals surface area contributed by atoms with Crippen molar-refractivity contribution in [2.75, 3.05) is 19.7 Å². The molecule has 0 bridgehead atoms. The van der Waals surface area contributed by atoms with Crippen LogP contribution in [0, 0.1) is 0 Å². The zero-order chi connectivity index (χ0) is 13.1. The smallest absolute Gasteiger partial charge is 0.133 e. The fourth-order valence-corrected chi connectivity index (χ4v) is 3.19. The Labute approximate surface area is 114 Å². The molecule has 1 aliphatic carbocycles. The lowest BCUT2D eigenvalue weighted by atomic mass is 9.82. The largest absolute Gasteiger partial charge is 0.372 e. The summed E-state index contributed by atoms with van der Waals surface area (Å²) in [7, 11) is 0. The lowest BCUT2D eigenvalue weighted by Crippen LogP contribution is -2.53. The second-order valence-corrected chi connectivity index (χ2v) is 5.77. The van der Waals surface area contributed by atoms with Gasteiger partial charge in [-0.3, -0.25) is 9.69 Å². The van der Waals surface area contributed by atoms with Crippen molar-refractivity contribution in [3.05, 3.63) is 35.9 Å². The number of ether oxygens (including phenoxy) is 1. The monoisotopic (exact) mass is 259 g/mol. The fourth-order valence-electron chi connectivity index (χ4n) is 3.19. The summed E-state index contributed by atoms with van der Waals surface area (Å²) in [6.07, 6.45) is 3.19. The van der Waals surface area contributed by atoms with Gasteiger partial charge in [-0.2, -0.15) is 0 Å². The number of carbonyl (C=O) groups excluding carboxylic acids is 1. The van der Waals surface area contributed by atoms with Gasteiger partial charge in [0.1, 0.15) is 5.78 Å². The molecule has 3 rings (SSSR count). The average molecular weight is 259 g/mol. The molecular formula is C16H21NO2. The molecule has 19 heavy (non-hydrogen) atoms. The lowest BCUT2D eigenvalue weighted by molar-refractivity contribution is -0.144. The number of rotatable bonds is 2. The van der Waals surface area contributed by atoms with Gasteiger partial charge in [0.05, 0.1) is 12.2 Å². The summed E-state index contributed by atoms with van der Waals surface area (Å²) in [4.78, 5) is 13.9. The molecule has 0 unspecified atom stereocenters. The van der Waals surface area contributed by atoms with E-state index in [0.717, 1.165) is 39.1 Å². The maximum Gasteiger partial charge on any atom is 0.133 e. The van der Waals surface area contributed by atoms with E-state index in [1.807, 2.05) is 0 Å². The predicted molar refractivity (Wildman–Crippen MR) is 73.9 cm³/mol. The first-order valence-corrected chi connectivity index (χ1v) is 7.18. The first-order valence-electron chi connectivity index (χ1n) is 7.18. The standard InChI is InChI=1S/C16H21NO2/c18-15-6-8-16(9-7-15)13-17(10-11-19-16)12-14-4-2-1-3-5-14/h1-5H,6-13H2. The van der Waals surface area contributed by atoms with E-state index >= 15 is 0 Å². The Hall–Kier alpha value is -1.19. The van der Waals surface area contributed by atoms with Crippen molar-refractivity contribution in [3.8, 4) is 0 Å². The SMILES string of the molecule is O=C1CCC2(CC1)CN(Cc1ccccc1)CCO2. The number of carbonyl (C=O) groups is 1. The fraction of sp³-hybridized carbons (Fsp3) is 0.562. The van der Waals surface area contributed by atoms with E-state index in [1.165, 1.54) is 5.56 Å². The number of Topliss-reactive ketones (excluding diaryl/α,β-unsaturated/α-hetero) is 1. The van der Waals surface area contributed by atoms with Crippen LogP contribution >= 0.6 is 0 Å². The van der Waals surface area contributed by atoms with E-state index in [0.29, 0.717) is 18.6 Å². The number of nitrogens with zero attached hydrogens (tertiary/aromatic N) is 1. The van der Waals surface area contributed by atoms with E-state index in [-0.39, 0.29) is 5.60 Å². The lowest BCUT2D eigenvalue weighted by Gasteiger charge is -2.44. The number of ketones is 1. The maximum absolute atomic E-state index is 11.4. The van der Waals surface area contributed by atoms with Gasteiger partial charge in [-0.15, -0.1) is 0 Å². The molecule has 1 heterocycles. The number of hydrogen-bond acceptors (Lipinski definition) is 3. The molecule has 0 amide bonds. The molecule has 0 aromatic heterocycles. The van der Waals surface area contributed by atoms with Crippen molar-refractivity contribution in [3.63, 3.8) is 0 Å². The molecule has 1 aromatic rings. The first kappa shape index (κ1) is 12.8. The van der Waals surface area contributed by atoms with E-state index in [4.69, 9.17) is 4.74 Å². The third-order valence-electron chi connectivity index (χ3n) is 4.30. The van der Waals surface area contributed by atoms with Crippen molar-refractivity contribution >= 4 is 5.78 Å². The quantitative estimate of drug-likeness (QED) is 0.817. The highest BCUT2D eigenvalue weighted by molar-refractivity contribution is 5.79. The van der Waals surface area contributed by atoms with Gasteiger partial charge in [-0.1, -0.05) is 30.3 Å². The molecule has 2 aliphatic rings. The van der Waals surface area contributed by atoms with E-state index in [9.17, 15) is 4.79 Å². The van der Waals surface area contributed by atoms with Gasteiger partial charge in [0, 0.05) is 32.5 Å². The summed E-state index contributed by atoms with van der Waals surface area (Å²) in [5.41, 5.74) is 1.30. The van der Waals surface area contributed by atoms with Crippen LogP contribution in [0.15, 0.2) is 30.3 Å². The molecule has 0 atom stereocenters. The third-order valence-corrected chi connectivity index (χ3v) is 4.30. The Bertz CT molecular complexity index is 433. The van der Waals surface area contributed by atoms with E-state index in [1.54, 1.807) is 0 Å². The van der Waals surface area contributed by atoms with Crippen LogP contribution in [0.1, 0.15) is 31.2 Å². The van der Waals surface area contributed by atoms with Gasteiger partial charge in [-0.25, -0.2) is 0 Å². The Balaban J connectivity index is 1.63. The highest BCUT2D eigenvalue weighted by Crippen LogP contribution is 2.33. The highest BCUT2D eigenvalue weighted by atomic mass is 16.5. The normalized spacial score (nSPS) is 23.7. The van der Waals surface area contributed by atoms with Crippen LogP contribution in [0.25, 0.3) is 0 Å². The van der Waals surface area contributed by atoms with Gasteiger partial charge < -0.3 is 4.74 Å². The summed E-state index contributed by atoms with van der Waals surface area (Å²) in [6.45, 7) is 3.74. The van der Waals surface area contributed by atoms with Crippen LogP contribution in [-0.2, 0) is 16.1 Å². The minimum atomic E-state index is -0.0546. The number of benzene rings is 1. The Morgan fingerprint density at radius 3 is 2.63 bits per heavy atom. The van der Waals surface area contributed by atoms with Crippen LogP contribution < -0.4 is 0 Å². The predicted octanol–water partition coefficient (Wildman–Crippen LogP) is 2.40. The molecule has 102 valence electrons. The van der Waals surface area contributed by atoms with Crippen molar-refractivity contribution in [1.82, 2.24) is 4.90 Å². The number of morpholine rings is 1. The minimum absolute atomic E-state index is 0.0546. The molecular weight excluding hydrogens is 238 g/mol. The van der Waals surface area contributed by atoms with Crippen LogP contribution in [-0.4, -0.2) is 36.0 Å². The van der Waals surface area contributed by atoms with E-state index < -0.39 is 0 Å². The molecule has 3 nitrogen and oxygen atoms in total. The van der Waals surface area contributed by atoms with Crippen LogP contribution in [0.5, 0.6) is 0 Å². The summed E-state index contributed by atoms with van der Waals surface area (Å²) in [6, 6.07) is 10.6. The summed E-state index contributed by atoms with van der Waals surface area (Å²) in [5.74, 6) is 0.398. The molecule has 2 fully saturated rings. The number of hydrogen-bond donors (Lipinski definition) is 0. The average Bonchev–Trinajstić information content (AvgIpc) is 2.44. The van der Waals surface area contributed by atoms with Crippen molar-refractivity contribution in [2.24, 2.45) is 0 Å². The molecule has 1 spiro atoms. The molecule has 3 heteroatoms. The van der Waals surface area contributed by atoms with Crippen LogP contribution in [0.2, 0.25) is 0 Å². The van der Waals surface area contributed by atoms with Gasteiger partial charge >= 0.3 is 0 Å². The van der Waals surface area contributed by atoms with Gasteiger partial charge in [0.2, 0.25) is 0 Å². The second-order valence-electron chi connectivity index (χ2n) is 5.77. The maximum atomic E-state index is 11.4. The zero-order valence-electron chi connectivity index (χ0n) is 11.3. The van der Waals surface area contributed by atoms with E-state index in [2.05, 4.69) is 35.2 Å². The van der Waals surface area contributed by atoms with Crippen LogP contribution in [0.3, 0.4) is 0 Å². The van der Waals surface area contributed by atoms with Crippen LogP contribution in [0.4, 0.5) is 0 Å². The molecule has 0 radical (unpaired) electrons.